The first kappa shape index (κ1) is 13.1. The zero-order chi connectivity index (χ0) is 12.8. The SMILES string of the molecule is CCCc1ccc(/C=C/C2CCC(=O)CC2)cc1. The molecule has 1 aromatic rings. The van der Waals surface area contributed by atoms with Crippen molar-refractivity contribution in [3.63, 3.8) is 0 Å². The maximum Gasteiger partial charge on any atom is 0.132 e. The van der Waals surface area contributed by atoms with Crippen LogP contribution in [0.15, 0.2) is 30.3 Å². The Balaban J connectivity index is 1.90. The van der Waals surface area contributed by atoms with Gasteiger partial charge in [0.05, 0.1) is 0 Å². The number of ketones is 1. The normalized spacial score (nSPS) is 17.5. The minimum absolute atomic E-state index is 0.434. The molecule has 0 atom stereocenters. The number of rotatable bonds is 4. The van der Waals surface area contributed by atoms with Crippen LogP contribution in [-0.2, 0) is 11.2 Å². The number of hydrogen-bond donors (Lipinski definition) is 0. The molecule has 0 unspecified atom stereocenters. The predicted octanol–water partition coefficient (Wildman–Crippen LogP) is 4.41. The summed E-state index contributed by atoms with van der Waals surface area (Å²) in [7, 11) is 0. The molecule has 1 fully saturated rings. The molecule has 1 nitrogen and oxygen atoms in total. The average molecular weight is 242 g/mol. The zero-order valence-corrected chi connectivity index (χ0v) is 11.2. The second-order valence-corrected chi connectivity index (χ2v) is 5.23. The van der Waals surface area contributed by atoms with E-state index in [2.05, 4.69) is 43.3 Å². The summed E-state index contributed by atoms with van der Waals surface area (Å²) in [6.45, 7) is 2.21. The van der Waals surface area contributed by atoms with E-state index in [0.29, 0.717) is 11.7 Å². The Bertz CT molecular complexity index is 404. The predicted molar refractivity (Wildman–Crippen MR) is 76.4 cm³/mol. The highest BCUT2D eigenvalue weighted by atomic mass is 16.1. The lowest BCUT2D eigenvalue weighted by Crippen LogP contribution is -2.11. The van der Waals surface area contributed by atoms with E-state index in [4.69, 9.17) is 0 Å². The van der Waals surface area contributed by atoms with Gasteiger partial charge in [0.2, 0.25) is 0 Å². The summed E-state index contributed by atoms with van der Waals surface area (Å²) in [5.74, 6) is 1.03. The molecule has 0 heterocycles. The highest BCUT2D eigenvalue weighted by Gasteiger charge is 2.15. The third-order valence-electron chi connectivity index (χ3n) is 3.67. The lowest BCUT2D eigenvalue weighted by atomic mass is 9.88. The summed E-state index contributed by atoms with van der Waals surface area (Å²) in [4.78, 5) is 11.2. The van der Waals surface area contributed by atoms with Crippen LogP contribution in [0.1, 0.15) is 50.2 Å². The molecule has 0 aliphatic heterocycles. The highest BCUT2D eigenvalue weighted by molar-refractivity contribution is 5.79. The molecule has 0 N–H and O–H groups in total. The standard InChI is InChI=1S/C17H22O/c1-2-3-14-4-6-15(7-5-14)8-9-16-10-12-17(18)13-11-16/h4-9,16H,2-3,10-13H2,1H3/b9-8+. The minimum atomic E-state index is 0.434. The van der Waals surface area contributed by atoms with Gasteiger partial charge in [0.25, 0.3) is 0 Å². The van der Waals surface area contributed by atoms with Gasteiger partial charge in [-0.2, -0.15) is 0 Å². The molecule has 0 amide bonds. The van der Waals surface area contributed by atoms with Crippen molar-refractivity contribution < 1.29 is 4.79 Å². The van der Waals surface area contributed by atoms with Crippen LogP contribution in [0.25, 0.3) is 6.08 Å². The molecule has 0 radical (unpaired) electrons. The average Bonchev–Trinajstić information content (AvgIpc) is 2.40. The van der Waals surface area contributed by atoms with E-state index in [1.165, 1.54) is 17.5 Å². The van der Waals surface area contributed by atoms with E-state index >= 15 is 0 Å². The van der Waals surface area contributed by atoms with Gasteiger partial charge >= 0.3 is 0 Å². The lowest BCUT2D eigenvalue weighted by molar-refractivity contribution is -0.120. The van der Waals surface area contributed by atoms with Crippen molar-refractivity contribution in [3.8, 4) is 0 Å². The van der Waals surface area contributed by atoms with Crippen LogP contribution >= 0.6 is 0 Å². The molecule has 0 bridgehead atoms. The molecule has 1 aliphatic carbocycles. The van der Waals surface area contributed by atoms with Gasteiger partial charge < -0.3 is 0 Å². The Morgan fingerprint density at radius 2 is 1.83 bits per heavy atom. The number of benzene rings is 1. The Kier molecular flexibility index (Phi) is 4.74. The van der Waals surface area contributed by atoms with Crippen molar-refractivity contribution in [1.82, 2.24) is 0 Å². The quantitative estimate of drug-likeness (QED) is 0.764. The maximum atomic E-state index is 11.2. The van der Waals surface area contributed by atoms with Crippen LogP contribution in [-0.4, -0.2) is 5.78 Å². The minimum Gasteiger partial charge on any atom is -0.300 e. The number of carbonyl (C=O) groups is 1. The molecule has 1 saturated carbocycles. The summed E-state index contributed by atoms with van der Waals surface area (Å²) in [5, 5.41) is 0. The van der Waals surface area contributed by atoms with Crippen LogP contribution in [0.4, 0.5) is 0 Å². The Hall–Kier alpha value is -1.37. The summed E-state index contributed by atoms with van der Waals surface area (Å²) in [6, 6.07) is 8.81. The lowest BCUT2D eigenvalue weighted by Gasteiger charge is -2.16. The van der Waals surface area contributed by atoms with Gasteiger partial charge in [-0.25, -0.2) is 0 Å². The molecule has 1 aromatic carbocycles. The van der Waals surface area contributed by atoms with E-state index in [1.807, 2.05) is 0 Å². The number of hydrogen-bond acceptors (Lipinski definition) is 1. The zero-order valence-electron chi connectivity index (χ0n) is 11.2. The van der Waals surface area contributed by atoms with Crippen molar-refractivity contribution >= 4 is 11.9 Å². The fourth-order valence-electron chi connectivity index (χ4n) is 2.49. The highest BCUT2D eigenvalue weighted by Crippen LogP contribution is 2.23. The van der Waals surface area contributed by atoms with Gasteiger partial charge in [-0.1, -0.05) is 49.8 Å². The van der Waals surface area contributed by atoms with Crippen LogP contribution in [0, 0.1) is 5.92 Å². The number of allylic oxidation sites excluding steroid dienone is 1. The molecule has 96 valence electrons. The van der Waals surface area contributed by atoms with E-state index < -0.39 is 0 Å². The van der Waals surface area contributed by atoms with Crippen LogP contribution in [0.2, 0.25) is 0 Å². The molecule has 1 heteroatoms. The Morgan fingerprint density at radius 1 is 1.17 bits per heavy atom. The van der Waals surface area contributed by atoms with Crippen molar-refractivity contribution in [1.29, 1.82) is 0 Å². The number of aryl methyl sites for hydroxylation is 1. The molecule has 1 aliphatic rings. The van der Waals surface area contributed by atoms with Gasteiger partial charge in [-0.05, 0) is 36.3 Å². The third-order valence-corrected chi connectivity index (χ3v) is 3.67. The fraction of sp³-hybridized carbons (Fsp3) is 0.471. The van der Waals surface area contributed by atoms with E-state index in [1.54, 1.807) is 0 Å². The molecular formula is C17H22O. The summed E-state index contributed by atoms with van der Waals surface area (Å²) in [6.07, 6.45) is 10.4. The van der Waals surface area contributed by atoms with Crippen LogP contribution in [0.3, 0.4) is 0 Å². The van der Waals surface area contributed by atoms with Crippen LogP contribution < -0.4 is 0 Å². The molecule has 0 spiro atoms. The molecule has 0 saturated heterocycles. The molecule has 0 aromatic heterocycles. The fourth-order valence-corrected chi connectivity index (χ4v) is 2.49. The summed E-state index contributed by atoms with van der Waals surface area (Å²) in [5.41, 5.74) is 2.68. The van der Waals surface area contributed by atoms with Crippen molar-refractivity contribution in [2.24, 2.45) is 5.92 Å². The number of carbonyl (C=O) groups excluding carboxylic acids is 1. The molecule has 2 rings (SSSR count). The van der Waals surface area contributed by atoms with Crippen LogP contribution in [0.5, 0.6) is 0 Å². The molecular weight excluding hydrogens is 220 g/mol. The maximum absolute atomic E-state index is 11.2. The van der Waals surface area contributed by atoms with E-state index in [0.717, 1.165) is 32.1 Å². The van der Waals surface area contributed by atoms with Gasteiger partial charge in [-0.3, -0.25) is 4.79 Å². The second kappa shape index (κ2) is 6.53. The third kappa shape index (κ3) is 3.83. The summed E-state index contributed by atoms with van der Waals surface area (Å²) >= 11 is 0. The smallest absolute Gasteiger partial charge is 0.132 e. The number of Topliss-reactive ketones (excluding diaryl/α,β-unsaturated/α-hetero) is 1. The van der Waals surface area contributed by atoms with Crippen molar-refractivity contribution in [3.05, 3.63) is 41.5 Å². The largest absolute Gasteiger partial charge is 0.300 e. The van der Waals surface area contributed by atoms with Crippen molar-refractivity contribution in [2.75, 3.05) is 0 Å². The second-order valence-electron chi connectivity index (χ2n) is 5.23. The van der Waals surface area contributed by atoms with Crippen molar-refractivity contribution in [2.45, 2.75) is 45.4 Å². The van der Waals surface area contributed by atoms with Gasteiger partial charge in [-0.15, -0.1) is 0 Å². The van der Waals surface area contributed by atoms with E-state index in [-0.39, 0.29) is 0 Å². The van der Waals surface area contributed by atoms with E-state index in [9.17, 15) is 4.79 Å². The van der Waals surface area contributed by atoms with Gasteiger partial charge in [0, 0.05) is 12.8 Å². The Morgan fingerprint density at radius 3 is 2.44 bits per heavy atom. The Labute approximate surface area is 110 Å². The first-order valence-electron chi connectivity index (χ1n) is 7.07. The summed E-state index contributed by atoms with van der Waals surface area (Å²) < 4.78 is 0. The van der Waals surface area contributed by atoms with Gasteiger partial charge in [0.1, 0.15) is 5.78 Å². The first-order chi connectivity index (χ1) is 8.78. The van der Waals surface area contributed by atoms with Gasteiger partial charge in [0.15, 0.2) is 0 Å². The monoisotopic (exact) mass is 242 g/mol. The first-order valence-corrected chi connectivity index (χ1v) is 7.07. The molecule has 18 heavy (non-hydrogen) atoms. The topological polar surface area (TPSA) is 17.1 Å².